The Hall–Kier alpha value is -3.89. The van der Waals surface area contributed by atoms with Crippen LogP contribution in [0.25, 0.3) is 11.0 Å². The molecule has 4 aromatic rings. The first-order chi connectivity index (χ1) is 17.9. The highest BCUT2D eigenvalue weighted by Gasteiger charge is 2.26. The van der Waals surface area contributed by atoms with Gasteiger partial charge in [-0.25, -0.2) is 9.78 Å². The number of fused-ring (bicyclic) bond motifs is 1. The van der Waals surface area contributed by atoms with Gasteiger partial charge in [0, 0.05) is 35.3 Å². The molecule has 0 saturated carbocycles. The average Bonchev–Trinajstić information content (AvgIpc) is 3.46. The first-order valence-corrected chi connectivity index (χ1v) is 12.6. The van der Waals surface area contributed by atoms with E-state index in [-0.39, 0.29) is 18.2 Å². The molecule has 0 aliphatic rings. The average molecular weight is 523 g/mol. The fourth-order valence-corrected chi connectivity index (χ4v) is 4.91. The largest absolute Gasteiger partial charge is 0.497 e. The van der Waals surface area contributed by atoms with Gasteiger partial charge in [-0.2, -0.15) is 0 Å². The van der Waals surface area contributed by atoms with Gasteiger partial charge in [0.05, 0.1) is 31.8 Å². The summed E-state index contributed by atoms with van der Waals surface area (Å²) in [5.41, 5.74) is 2.98. The molecule has 0 aliphatic carbocycles. The molecule has 1 amide bonds. The molecule has 0 unspecified atom stereocenters. The second kappa shape index (κ2) is 11.9. The van der Waals surface area contributed by atoms with Gasteiger partial charge in [0.1, 0.15) is 18.0 Å². The molecule has 9 nitrogen and oxygen atoms in total. The number of pyridine rings is 1. The standard InChI is InChI=1S/C27H30N4O5S/c1-17-5-10-21(37-17)15-28-19-13-22-24(30-23(32)16-34-2)25(27(33)36-4)31(26(22)29-14-19)12-11-18-6-8-20(35-3)9-7-18/h5-10,13-14,28H,11-12,15-16H2,1-4H3,(H,30,32). The lowest BCUT2D eigenvalue weighted by atomic mass is 10.1. The molecule has 3 heterocycles. The van der Waals surface area contributed by atoms with Crippen LogP contribution in [0.3, 0.4) is 0 Å². The molecule has 37 heavy (non-hydrogen) atoms. The summed E-state index contributed by atoms with van der Waals surface area (Å²) in [4.78, 5) is 32.6. The van der Waals surface area contributed by atoms with E-state index in [4.69, 9.17) is 14.2 Å². The van der Waals surface area contributed by atoms with Crippen LogP contribution in [-0.2, 0) is 33.8 Å². The van der Waals surface area contributed by atoms with E-state index in [1.807, 2.05) is 30.3 Å². The molecule has 0 aliphatic heterocycles. The van der Waals surface area contributed by atoms with Crippen molar-refractivity contribution in [2.45, 2.75) is 26.4 Å². The van der Waals surface area contributed by atoms with Crippen molar-refractivity contribution >= 4 is 45.6 Å². The third-order valence-corrected chi connectivity index (χ3v) is 6.86. The molecular weight excluding hydrogens is 492 g/mol. The molecular formula is C27H30N4O5S. The SMILES string of the molecule is COCC(=O)Nc1c(C(=O)OC)n(CCc2ccc(OC)cc2)c2ncc(NCc3ccc(C)s3)cc12. The van der Waals surface area contributed by atoms with E-state index in [1.54, 1.807) is 29.2 Å². The number of benzene rings is 1. The van der Waals surface area contributed by atoms with Gasteiger partial charge in [0.15, 0.2) is 5.69 Å². The third-order valence-electron chi connectivity index (χ3n) is 5.86. The number of hydrogen-bond donors (Lipinski definition) is 2. The van der Waals surface area contributed by atoms with E-state index in [0.717, 1.165) is 17.0 Å². The molecule has 2 N–H and O–H groups in total. The van der Waals surface area contributed by atoms with Crippen molar-refractivity contribution in [3.63, 3.8) is 0 Å². The monoisotopic (exact) mass is 522 g/mol. The summed E-state index contributed by atoms with van der Waals surface area (Å²) in [6, 6.07) is 13.8. The van der Waals surface area contributed by atoms with Crippen LogP contribution in [0.15, 0.2) is 48.7 Å². The maximum Gasteiger partial charge on any atom is 0.356 e. The normalized spacial score (nSPS) is 10.9. The highest BCUT2D eigenvalue weighted by atomic mass is 32.1. The molecule has 4 rings (SSSR count). The lowest BCUT2D eigenvalue weighted by Gasteiger charge is -2.11. The number of thiophene rings is 1. The van der Waals surface area contributed by atoms with Crippen molar-refractivity contribution < 1.29 is 23.8 Å². The maximum atomic E-state index is 13.0. The van der Waals surface area contributed by atoms with Crippen molar-refractivity contribution in [1.82, 2.24) is 9.55 Å². The van der Waals surface area contributed by atoms with Gasteiger partial charge in [-0.1, -0.05) is 12.1 Å². The Balaban J connectivity index is 1.73. The molecule has 0 radical (unpaired) electrons. The maximum absolute atomic E-state index is 13.0. The first-order valence-electron chi connectivity index (χ1n) is 11.7. The predicted octanol–water partition coefficient (Wildman–Crippen LogP) is 4.64. The number of carbonyl (C=O) groups excluding carboxylic acids is 2. The minimum absolute atomic E-state index is 0.151. The Morgan fingerprint density at radius 1 is 1.08 bits per heavy atom. The van der Waals surface area contributed by atoms with E-state index in [9.17, 15) is 9.59 Å². The number of methoxy groups -OCH3 is 3. The summed E-state index contributed by atoms with van der Waals surface area (Å²) in [5, 5.41) is 6.86. The fraction of sp³-hybridized carbons (Fsp3) is 0.296. The highest BCUT2D eigenvalue weighted by Crippen LogP contribution is 2.33. The third kappa shape index (κ3) is 6.10. The van der Waals surface area contributed by atoms with Gasteiger partial charge >= 0.3 is 5.97 Å². The molecule has 194 valence electrons. The van der Waals surface area contributed by atoms with Crippen molar-refractivity contribution in [2.24, 2.45) is 0 Å². The summed E-state index contributed by atoms with van der Waals surface area (Å²) >= 11 is 1.72. The zero-order valence-electron chi connectivity index (χ0n) is 21.3. The smallest absolute Gasteiger partial charge is 0.356 e. The lowest BCUT2D eigenvalue weighted by Crippen LogP contribution is -2.20. The van der Waals surface area contributed by atoms with E-state index in [2.05, 4.69) is 34.7 Å². The number of carbonyl (C=O) groups is 2. The van der Waals surface area contributed by atoms with Crippen LogP contribution in [0.1, 0.15) is 25.8 Å². The van der Waals surface area contributed by atoms with E-state index in [1.165, 1.54) is 24.0 Å². The second-order valence-corrected chi connectivity index (χ2v) is 9.78. The number of amides is 1. The minimum atomic E-state index is -0.566. The lowest BCUT2D eigenvalue weighted by molar-refractivity contribution is -0.119. The Morgan fingerprint density at radius 3 is 2.51 bits per heavy atom. The van der Waals surface area contributed by atoms with E-state index < -0.39 is 5.97 Å². The Labute approximate surface area is 219 Å². The van der Waals surface area contributed by atoms with Crippen molar-refractivity contribution in [1.29, 1.82) is 0 Å². The number of esters is 1. The van der Waals surface area contributed by atoms with Crippen LogP contribution >= 0.6 is 11.3 Å². The molecule has 1 aromatic carbocycles. The van der Waals surface area contributed by atoms with Crippen LogP contribution < -0.4 is 15.4 Å². The van der Waals surface area contributed by atoms with Crippen LogP contribution in [0.2, 0.25) is 0 Å². The summed E-state index contributed by atoms with van der Waals surface area (Å²) in [6.45, 7) is 3.00. The van der Waals surface area contributed by atoms with Crippen molar-refractivity contribution in [3.8, 4) is 5.75 Å². The van der Waals surface area contributed by atoms with Crippen LogP contribution in [-0.4, -0.2) is 49.4 Å². The van der Waals surface area contributed by atoms with E-state index in [0.29, 0.717) is 36.2 Å². The quantitative estimate of drug-likeness (QED) is 0.277. The molecule has 3 aromatic heterocycles. The summed E-state index contributed by atoms with van der Waals surface area (Å²) in [7, 11) is 4.38. The number of ether oxygens (including phenoxy) is 3. The number of nitrogens with zero attached hydrogens (tertiary/aromatic N) is 2. The number of hydrogen-bond acceptors (Lipinski definition) is 8. The van der Waals surface area contributed by atoms with Gasteiger partial charge in [0.25, 0.3) is 0 Å². The molecule has 0 atom stereocenters. The van der Waals surface area contributed by atoms with Gasteiger partial charge in [0.2, 0.25) is 5.91 Å². The number of rotatable bonds is 11. The summed E-state index contributed by atoms with van der Waals surface area (Å²) in [5.74, 6) is -0.175. The summed E-state index contributed by atoms with van der Waals surface area (Å²) in [6.07, 6.45) is 2.36. The molecule has 0 spiro atoms. The minimum Gasteiger partial charge on any atom is -0.497 e. The Morgan fingerprint density at radius 2 is 1.86 bits per heavy atom. The summed E-state index contributed by atoms with van der Waals surface area (Å²) < 4.78 is 17.1. The van der Waals surface area contributed by atoms with Crippen LogP contribution in [0.4, 0.5) is 11.4 Å². The second-order valence-electron chi connectivity index (χ2n) is 8.41. The number of nitrogens with one attached hydrogen (secondary N) is 2. The molecule has 0 saturated heterocycles. The molecule has 10 heteroatoms. The number of aromatic nitrogens is 2. The van der Waals surface area contributed by atoms with E-state index >= 15 is 0 Å². The Kier molecular flexibility index (Phi) is 8.42. The van der Waals surface area contributed by atoms with Crippen LogP contribution in [0.5, 0.6) is 5.75 Å². The van der Waals surface area contributed by atoms with Gasteiger partial charge in [-0.3, -0.25) is 4.79 Å². The topological polar surface area (TPSA) is 104 Å². The van der Waals surface area contributed by atoms with Gasteiger partial charge in [-0.05, 0) is 49.2 Å². The van der Waals surface area contributed by atoms with Gasteiger partial charge in [-0.15, -0.1) is 11.3 Å². The van der Waals surface area contributed by atoms with Crippen molar-refractivity contribution in [3.05, 3.63) is 69.7 Å². The fourth-order valence-electron chi connectivity index (χ4n) is 4.08. The number of aryl methyl sites for hydroxylation is 3. The molecule has 0 bridgehead atoms. The van der Waals surface area contributed by atoms with Crippen LogP contribution in [0, 0.1) is 6.92 Å². The highest BCUT2D eigenvalue weighted by molar-refractivity contribution is 7.11. The van der Waals surface area contributed by atoms with Gasteiger partial charge < -0.3 is 29.4 Å². The zero-order valence-corrected chi connectivity index (χ0v) is 22.1. The first kappa shape index (κ1) is 26.2. The zero-order chi connectivity index (χ0) is 26.4. The van der Waals surface area contributed by atoms with Crippen molar-refractivity contribution in [2.75, 3.05) is 38.6 Å². The Bertz CT molecular complexity index is 1390. The number of anilines is 2. The molecule has 0 fully saturated rings. The predicted molar refractivity (Wildman–Crippen MR) is 145 cm³/mol.